The molecule has 0 N–H and O–H groups in total. The summed E-state index contributed by atoms with van der Waals surface area (Å²) < 4.78 is 1.08. The second-order valence-corrected chi connectivity index (χ2v) is 11.5. The molecule has 150 valence electrons. The van der Waals surface area contributed by atoms with E-state index in [1.807, 2.05) is 6.07 Å². The Morgan fingerprint density at radius 1 is 1.04 bits per heavy atom. The van der Waals surface area contributed by atoms with Crippen molar-refractivity contribution in [1.82, 2.24) is 0 Å². The molecule has 28 heavy (non-hydrogen) atoms. The molecule has 4 fully saturated rings. The molecular weight excluding hydrogens is 408 g/mol. The monoisotopic (exact) mass is 440 g/mol. The predicted molar refractivity (Wildman–Crippen MR) is 119 cm³/mol. The number of fused-ring (bicyclic) bond motifs is 5. The van der Waals surface area contributed by atoms with Crippen LogP contribution in [-0.4, -0.2) is 5.78 Å². The van der Waals surface area contributed by atoms with Gasteiger partial charge in [0.2, 0.25) is 0 Å². The number of hydrogen-bond acceptors (Lipinski definition) is 1. The molecule has 6 atom stereocenters. The van der Waals surface area contributed by atoms with Crippen LogP contribution in [0.1, 0.15) is 77.2 Å². The fourth-order valence-corrected chi connectivity index (χ4v) is 8.31. The minimum atomic E-state index is -0.114. The molecule has 0 amide bonds. The third kappa shape index (κ3) is 2.81. The van der Waals surface area contributed by atoms with Crippen LogP contribution in [0, 0.1) is 34.5 Å². The molecule has 4 aliphatic rings. The summed E-state index contributed by atoms with van der Waals surface area (Å²) in [6.45, 7) is 4.92. The molecule has 2 heteroatoms. The molecule has 6 unspecified atom stereocenters. The molecule has 0 saturated heterocycles. The van der Waals surface area contributed by atoms with Crippen molar-refractivity contribution in [3.63, 3.8) is 0 Å². The average Bonchev–Trinajstić information content (AvgIpc) is 2.92. The third-order valence-electron chi connectivity index (χ3n) is 9.41. The number of allylic oxidation sites excluding steroid dienone is 1. The van der Waals surface area contributed by atoms with Gasteiger partial charge in [-0.05, 0) is 103 Å². The van der Waals surface area contributed by atoms with Crippen LogP contribution in [0.5, 0.6) is 0 Å². The highest BCUT2D eigenvalue weighted by Gasteiger charge is 2.60. The highest BCUT2D eigenvalue weighted by atomic mass is 79.9. The van der Waals surface area contributed by atoms with Crippen molar-refractivity contribution in [2.45, 2.75) is 71.6 Å². The van der Waals surface area contributed by atoms with E-state index in [1.54, 1.807) is 0 Å². The number of carbonyl (C=O) groups is 1. The van der Waals surface area contributed by atoms with Gasteiger partial charge >= 0.3 is 0 Å². The molecule has 0 heterocycles. The van der Waals surface area contributed by atoms with E-state index in [-0.39, 0.29) is 5.41 Å². The third-order valence-corrected chi connectivity index (χ3v) is 9.91. The van der Waals surface area contributed by atoms with Crippen molar-refractivity contribution < 1.29 is 4.79 Å². The molecular formula is C26H33BrO. The fourth-order valence-electron chi connectivity index (χ4n) is 7.89. The molecule has 5 rings (SSSR count). The Hall–Kier alpha value is -0.890. The van der Waals surface area contributed by atoms with Gasteiger partial charge < -0.3 is 0 Å². The van der Waals surface area contributed by atoms with Crippen LogP contribution in [0.2, 0.25) is 0 Å². The Morgan fingerprint density at radius 2 is 1.89 bits per heavy atom. The number of ketones is 1. The maximum atomic E-state index is 13.5. The van der Waals surface area contributed by atoms with E-state index in [9.17, 15) is 4.79 Å². The summed E-state index contributed by atoms with van der Waals surface area (Å²) in [6.07, 6.45) is 14.1. The summed E-state index contributed by atoms with van der Waals surface area (Å²) in [6, 6.07) is 8.35. The molecule has 0 aromatic heterocycles. The molecule has 4 saturated carbocycles. The minimum absolute atomic E-state index is 0.114. The van der Waals surface area contributed by atoms with Crippen molar-refractivity contribution >= 4 is 27.8 Å². The highest BCUT2D eigenvalue weighted by Crippen LogP contribution is 2.66. The first kappa shape index (κ1) is 19.1. The first-order valence-electron chi connectivity index (χ1n) is 11.4. The number of carbonyl (C=O) groups excluding carboxylic acids is 1. The van der Waals surface area contributed by atoms with Gasteiger partial charge in [-0.15, -0.1) is 0 Å². The van der Waals surface area contributed by atoms with Gasteiger partial charge in [0.05, 0.1) is 0 Å². The quantitative estimate of drug-likeness (QED) is 0.414. The molecule has 1 aromatic rings. The summed E-state index contributed by atoms with van der Waals surface area (Å²) in [7, 11) is 0. The Bertz CT molecular complexity index is 825. The fraction of sp³-hybridized carbons (Fsp3) is 0.654. The Labute approximate surface area is 178 Å². The molecule has 4 aliphatic carbocycles. The van der Waals surface area contributed by atoms with Crippen molar-refractivity contribution in [1.29, 1.82) is 0 Å². The van der Waals surface area contributed by atoms with Crippen molar-refractivity contribution in [2.75, 3.05) is 0 Å². The molecule has 0 radical (unpaired) electrons. The zero-order valence-corrected chi connectivity index (χ0v) is 18.9. The van der Waals surface area contributed by atoms with Gasteiger partial charge in [0.15, 0.2) is 5.78 Å². The summed E-state index contributed by atoms with van der Waals surface area (Å²) in [4.78, 5) is 13.5. The number of hydrogen-bond donors (Lipinski definition) is 0. The van der Waals surface area contributed by atoms with Crippen LogP contribution in [0.4, 0.5) is 0 Å². The molecule has 1 nitrogen and oxygen atoms in total. The van der Waals surface area contributed by atoms with Gasteiger partial charge in [-0.1, -0.05) is 54.8 Å². The number of benzene rings is 1. The SMILES string of the molecule is CC12CCC3C(CCC4CCCCC43C)C1C/C(=C\c1cccc(Br)c1)C2=O. The van der Waals surface area contributed by atoms with Gasteiger partial charge in [-0.25, -0.2) is 0 Å². The summed E-state index contributed by atoms with van der Waals surface area (Å²) in [5.74, 6) is 3.57. The zero-order valence-electron chi connectivity index (χ0n) is 17.3. The van der Waals surface area contributed by atoms with Crippen molar-refractivity contribution in [3.8, 4) is 0 Å². The van der Waals surface area contributed by atoms with E-state index >= 15 is 0 Å². The zero-order chi connectivity index (χ0) is 19.5. The lowest BCUT2D eigenvalue weighted by atomic mass is 9.45. The van der Waals surface area contributed by atoms with Crippen LogP contribution >= 0.6 is 15.9 Å². The first-order valence-corrected chi connectivity index (χ1v) is 12.2. The van der Waals surface area contributed by atoms with E-state index < -0.39 is 0 Å². The second-order valence-electron chi connectivity index (χ2n) is 10.6. The second kappa shape index (κ2) is 6.83. The molecule has 0 bridgehead atoms. The summed E-state index contributed by atoms with van der Waals surface area (Å²) in [5.41, 5.74) is 2.67. The Kier molecular flexibility index (Phi) is 4.66. The number of rotatable bonds is 1. The van der Waals surface area contributed by atoms with E-state index in [2.05, 4.69) is 54.1 Å². The molecule has 0 spiro atoms. The minimum Gasteiger partial charge on any atom is -0.294 e. The largest absolute Gasteiger partial charge is 0.294 e. The van der Waals surface area contributed by atoms with Crippen molar-refractivity contribution in [3.05, 3.63) is 39.9 Å². The maximum absolute atomic E-state index is 13.5. The van der Waals surface area contributed by atoms with E-state index in [0.717, 1.165) is 46.2 Å². The van der Waals surface area contributed by atoms with Gasteiger partial charge in [-0.3, -0.25) is 4.79 Å². The van der Waals surface area contributed by atoms with Crippen molar-refractivity contribution in [2.24, 2.45) is 34.5 Å². The summed E-state index contributed by atoms with van der Waals surface area (Å²) in [5, 5.41) is 0. The average molecular weight is 441 g/mol. The topological polar surface area (TPSA) is 17.1 Å². The van der Waals surface area contributed by atoms with Crippen LogP contribution < -0.4 is 0 Å². The number of halogens is 1. The standard InChI is InChI=1S/C26H33BrO/c1-25-12-4-3-7-19(25)9-10-21-22(25)11-13-26(2)23(21)16-18(24(26)28)14-17-6-5-8-20(27)15-17/h5-6,8,14-15,19,21-23H,3-4,7,9-13,16H2,1-2H3/b18-14+. The maximum Gasteiger partial charge on any atom is 0.165 e. The van der Waals surface area contributed by atoms with Crippen LogP contribution in [0.15, 0.2) is 34.3 Å². The smallest absolute Gasteiger partial charge is 0.165 e. The van der Waals surface area contributed by atoms with Crippen LogP contribution in [0.25, 0.3) is 6.08 Å². The molecule has 1 aromatic carbocycles. The van der Waals surface area contributed by atoms with E-state index in [0.29, 0.717) is 17.1 Å². The van der Waals surface area contributed by atoms with Crippen LogP contribution in [0.3, 0.4) is 0 Å². The summed E-state index contributed by atoms with van der Waals surface area (Å²) >= 11 is 3.57. The lowest BCUT2D eigenvalue weighted by molar-refractivity contribution is -0.137. The normalized spacial score (nSPS) is 44.1. The van der Waals surface area contributed by atoms with E-state index in [4.69, 9.17) is 0 Å². The highest BCUT2D eigenvalue weighted by molar-refractivity contribution is 9.10. The van der Waals surface area contributed by atoms with Gasteiger partial charge in [-0.2, -0.15) is 0 Å². The Morgan fingerprint density at radius 3 is 2.71 bits per heavy atom. The lowest BCUT2D eigenvalue weighted by Crippen LogP contribution is -2.52. The van der Waals surface area contributed by atoms with Crippen LogP contribution in [-0.2, 0) is 4.79 Å². The van der Waals surface area contributed by atoms with Gasteiger partial charge in [0.1, 0.15) is 0 Å². The number of Topliss-reactive ketones (excluding diaryl/α,β-unsaturated/α-hetero) is 1. The van der Waals surface area contributed by atoms with Gasteiger partial charge in [0, 0.05) is 9.89 Å². The predicted octanol–water partition coefficient (Wildman–Crippen LogP) is 7.44. The van der Waals surface area contributed by atoms with E-state index in [1.165, 1.54) is 44.9 Å². The van der Waals surface area contributed by atoms with Gasteiger partial charge in [0.25, 0.3) is 0 Å². The Balaban J connectivity index is 1.46. The molecule has 0 aliphatic heterocycles. The lowest BCUT2D eigenvalue weighted by Gasteiger charge is -2.59. The first-order chi connectivity index (χ1) is 13.4.